The number of aliphatic carboxylic acids is 1. The molecule has 1 saturated heterocycles. The Morgan fingerprint density at radius 2 is 1.79 bits per heavy atom. The Hall–Kier alpha value is -3.27. The smallest absolute Gasteiger partial charge is 0.330 e. The van der Waals surface area contributed by atoms with Crippen molar-refractivity contribution in [3.8, 4) is 0 Å². The Morgan fingerprint density at radius 3 is 2.43 bits per heavy atom. The molecule has 1 unspecified atom stereocenters. The lowest BCUT2D eigenvalue weighted by atomic mass is 9.87. The number of ketones is 1. The summed E-state index contributed by atoms with van der Waals surface area (Å²) in [6, 6.07) is 12.7. The van der Waals surface area contributed by atoms with Gasteiger partial charge in [0.15, 0.2) is 0 Å². The molecule has 8 nitrogen and oxygen atoms in total. The molecule has 1 atom stereocenters. The first-order valence-electron chi connectivity index (χ1n) is 14.6. The van der Waals surface area contributed by atoms with Gasteiger partial charge in [-0.15, -0.1) is 0 Å². The van der Waals surface area contributed by atoms with Crippen molar-refractivity contribution in [2.45, 2.75) is 76.9 Å². The van der Waals surface area contributed by atoms with Crippen molar-refractivity contribution in [3.05, 3.63) is 64.8 Å². The first-order chi connectivity index (χ1) is 20.1. The average molecular weight is 598 g/mol. The van der Waals surface area contributed by atoms with Crippen LogP contribution < -0.4 is 5.32 Å². The standard InChI is InChI=1S/C32H37ClFN3O5/c1-20(2)37-19-25(24-7-3-4-8-28(24)37)30(39)35-27-14-9-21(17-26(27)33)18-29(38)32(34,36-15-5-6-16-36)42-23-12-10-22(11-13-23)31(40)41/h3-4,7-9,14,17,19-20,22-23H,5-6,10-13,15-16,18H2,1-2H3,(H,35,39)(H,40,41)/t22-,23-,32?. The van der Waals surface area contributed by atoms with Crippen LogP contribution in [-0.4, -0.2) is 57.4 Å². The van der Waals surface area contributed by atoms with Gasteiger partial charge in [0.25, 0.3) is 5.91 Å². The monoisotopic (exact) mass is 597 g/mol. The van der Waals surface area contributed by atoms with Crippen LogP contribution in [0.3, 0.4) is 0 Å². The van der Waals surface area contributed by atoms with E-state index < -0.39 is 29.8 Å². The molecule has 2 fully saturated rings. The van der Waals surface area contributed by atoms with E-state index >= 15 is 4.39 Å². The third-order valence-electron chi connectivity index (χ3n) is 8.39. The number of fused-ring (bicyclic) bond motifs is 1. The van der Waals surface area contributed by atoms with E-state index in [0.717, 1.165) is 23.7 Å². The van der Waals surface area contributed by atoms with E-state index in [9.17, 15) is 19.5 Å². The number of anilines is 1. The van der Waals surface area contributed by atoms with Gasteiger partial charge in [0.1, 0.15) is 0 Å². The molecule has 224 valence electrons. The van der Waals surface area contributed by atoms with Crippen molar-refractivity contribution in [3.63, 3.8) is 0 Å². The number of carbonyl (C=O) groups excluding carboxylic acids is 2. The number of para-hydroxylation sites is 1. The number of halogens is 2. The van der Waals surface area contributed by atoms with E-state index in [1.165, 1.54) is 4.90 Å². The number of rotatable bonds is 10. The number of carbonyl (C=O) groups is 3. The first kappa shape index (κ1) is 30.2. The molecule has 2 aromatic carbocycles. The summed E-state index contributed by atoms with van der Waals surface area (Å²) >= 11 is 6.54. The minimum atomic E-state index is -2.60. The third-order valence-corrected chi connectivity index (χ3v) is 8.70. The Bertz CT molecular complexity index is 1480. The van der Waals surface area contributed by atoms with Crippen molar-refractivity contribution in [2.24, 2.45) is 5.92 Å². The van der Waals surface area contributed by atoms with Gasteiger partial charge in [-0.3, -0.25) is 14.4 Å². The minimum absolute atomic E-state index is 0.170. The number of benzene rings is 2. The molecule has 2 heterocycles. The zero-order chi connectivity index (χ0) is 30.0. The van der Waals surface area contributed by atoms with Gasteiger partial charge in [0.05, 0.1) is 28.3 Å². The average Bonchev–Trinajstić information content (AvgIpc) is 3.64. The lowest BCUT2D eigenvalue weighted by molar-refractivity contribution is -0.252. The number of alkyl halides is 1. The van der Waals surface area contributed by atoms with Crippen LogP contribution in [0.5, 0.6) is 0 Å². The molecule has 0 spiro atoms. The van der Waals surface area contributed by atoms with Crippen molar-refractivity contribution in [1.82, 2.24) is 9.47 Å². The number of Topliss-reactive ketones (excluding diaryl/α,β-unsaturated/α-hetero) is 1. The zero-order valence-corrected chi connectivity index (χ0v) is 24.7. The fourth-order valence-electron chi connectivity index (χ4n) is 6.04. The Kier molecular flexibility index (Phi) is 9.01. The second kappa shape index (κ2) is 12.5. The van der Waals surface area contributed by atoms with Gasteiger partial charge in [-0.25, -0.2) is 4.90 Å². The predicted molar refractivity (Wildman–Crippen MR) is 160 cm³/mol. The summed E-state index contributed by atoms with van der Waals surface area (Å²) in [5.74, 6) is -4.94. The van der Waals surface area contributed by atoms with Crippen LogP contribution in [0.15, 0.2) is 48.7 Å². The van der Waals surface area contributed by atoms with Crippen LogP contribution in [0.2, 0.25) is 5.02 Å². The number of hydrogen-bond donors (Lipinski definition) is 2. The summed E-state index contributed by atoms with van der Waals surface area (Å²) < 4.78 is 24.4. The SMILES string of the molecule is CC(C)n1cc(C(=O)Nc2ccc(CC(=O)C(F)(O[C@H]3CC[C@H](C(=O)O)CC3)N3CCCC3)cc2Cl)c2ccccc21. The second-order valence-electron chi connectivity index (χ2n) is 11.6. The van der Waals surface area contributed by atoms with Gasteiger partial charge in [0.2, 0.25) is 5.78 Å². The molecule has 3 aromatic rings. The van der Waals surface area contributed by atoms with Gasteiger partial charge in [0, 0.05) is 42.7 Å². The predicted octanol–water partition coefficient (Wildman–Crippen LogP) is 6.62. The summed E-state index contributed by atoms with van der Waals surface area (Å²) in [5, 5.41) is 13.2. The lowest BCUT2D eigenvalue weighted by Crippen LogP contribution is -2.54. The summed E-state index contributed by atoms with van der Waals surface area (Å²) in [7, 11) is 0. The maximum Gasteiger partial charge on any atom is 0.330 e. The largest absolute Gasteiger partial charge is 0.481 e. The van der Waals surface area contributed by atoms with E-state index in [2.05, 4.69) is 19.2 Å². The molecule has 2 N–H and O–H groups in total. The van der Waals surface area contributed by atoms with Gasteiger partial charge in [-0.05, 0) is 76.1 Å². The van der Waals surface area contributed by atoms with E-state index in [-0.39, 0.29) is 23.4 Å². The molecule has 2 aliphatic rings. The number of amides is 1. The molecule has 5 rings (SSSR count). The topological polar surface area (TPSA) is 101 Å². The van der Waals surface area contributed by atoms with Crippen molar-refractivity contribution in [2.75, 3.05) is 18.4 Å². The molecular weight excluding hydrogens is 561 g/mol. The van der Waals surface area contributed by atoms with E-state index in [4.69, 9.17) is 16.3 Å². The highest BCUT2D eigenvalue weighted by atomic mass is 35.5. The van der Waals surface area contributed by atoms with Crippen molar-refractivity contribution >= 4 is 45.9 Å². The fraction of sp³-hybridized carbons (Fsp3) is 0.469. The maximum absolute atomic E-state index is 16.5. The van der Waals surface area contributed by atoms with Gasteiger partial charge in [-0.2, -0.15) is 4.39 Å². The summed E-state index contributed by atoms with van der Waals surface area (Å²) in [6.07, 6.45) is 4.16. The number of nitrogens with zero attached hydrogens (tertiary/aromatic N) is 2. The molecule has 1 saturated carbocycles. The molecule has 0 radical (unpaired) electrons. The van der Waals surface area contributed by atoms with Crippen LogP contribution in [0.1, 0.15) is 74.3 Å². The minimum Gasteiger partial charge on any atom is -0.481 e. The summed E-state index contributed by atoms with van der Waals surface area (Å²) in [5.41, 5.74) is 2.37. The van der Waals surface area contributed by atoms with Crippen LogP contribution in [-0.2, 0) is 20.7 Å². The van der Waals surface area contributed by atoms with Gasteiger partial charge < -0.3 is 19.7 Å². The number of hydrogen-bond acceptors (Lipinski definition) is 5. The molecule has 1 aliphatic carbocycles. The highest BCUT2D eigenvalue weighted by Crippen LogP contribution is 2.35. The first-order valence-corrected chi connectivity index (χ1v) is 15.0. The quantitative estimate of drug-likeness (QED) is 0.255. The number of nitrogens with one attached hydrogen (secondary N) is 1. The number of likely N-dealkylation sites (tertiary alicyclic amines) is 1. The van der Waals surface area contributed by atoms with Crippen molar-refractivity contribution < 1.29 is 28.6 Å². The Balaban J connectivity index is 1.29. The highest BCUT2D eigenvalue weighted by molar-refractivity contribution is 6.34. The number of carboxylic acids is 1. The highest BCUT2D eigenvalue weighted by Gasteiger charge is 2.48. The second-order valence-corrected chi connectivity index (χ2v) is 12.0. The van der Waals surface area contributed by atoms with Crippen molar-refractivity contribution in [1.29, 1.82) is 0 Å². The van der Waals surface area contributed by atoms with Gasteiger partial charge in [-0.1, -0.05) is 35.9 Å². The molecule has 0 bridgehead atoms. The molecule has 1 amide bonds. The molecule has 1 aliphatic heterocycles. The van der Waals surface area contributed by atoms with E-state index in [0.29, 0.717) is 55.6 Å². The van der Waals surface area contributed by atoms with Crippen LogP contribution in [0.4, 0.5) is 10.1 Å². The Morgan fingerprint density at radius 1 is 1.10 bits per heavy atom. The molecular formula is C32H37ClFN3O5. The maximum atomic E-state index is 16.5. The van der Waals surface area contributed by atoms with Crippen LogP contribution in [0.25, 0.3) is 10.9 Å². The summed E-state index contributed by atoms with van der Waals surface area (Å²) in [6.45, 7) is 4.92. The molecule has 10 heteroatoms. The number of aromatic nitrogens is 1. The van der Waals surface area contributed by atoms with Gasteiger partial charge >= 0.3 is 11.9 Å². The fourth-order valence-corrected chi connectivity index (χ4v) is 6.29. The number of carboxylic acid groups (broad SMARTS) is 1. The third kappa shape index (κ3) is 6.23. The van der Waals surface area contributed by atoms with E-state index in [1.807, 2.05) is 35.0 Å². The zero-order valence-electron chi connectivity index (χ0n) is 23.9. The van der Waals surface area contributed by atoms with E-state index in [1.54, 1.807) is 18.2 Å². The summed E-state index contributed by atoms with van der Waals surface area (Å²) in [4.78, 5) is 39.5. The Labute approximate surface area is 249 Å². The van der Waals surface area contributed by atoms with Crippen LogP contribution in [0, 0.1) is 5.92 Å². The van der Waals surface area contributed by atoms with Crippen LogP contribution >= 0.6 is 11.6 Å². The molecule has 42 heavy (non-hydrogen) atoms. The molecule has 1 aromatic heterocycles. The lowest BCUT2D eigenvalue weighted by Gasteiger charge is -2.37. The normalized spacial score (nSPS) is 21.0. The number of ether oxygens (including phenoxy) is 1.